The average Bonchev–Trinajstić information content (AvgIpc) is 3.71. The number of carbonyl (C=O) groups excluding carboxylic acids is 2. The van der Waals surface area contributed by atoms with Crippen LogP contribution in [0.5, 0.6) is 0 Å². The summed E-state index contributed by atoms with van der Waals surface area (Å²) in [6.45, 7) is 0. The van der Waals surface area contributed by atoms with Crippen LogP contribution in [0.15, 0.2) is 42.5 Å². The molecule has 7 nitrogen and oxygen atoms in total. The fourth-order valence-electron chi connectivity index (χ4n) is 4.61. The Bertz CT molecular complexity index is 1300. The largest absolute Gasteiger partial charge is 0.340 e. The summed E-state index contributed by atoms with van der Waals surface area (Å²) in [5.74, 6) is 3.77. The second-order valence-corrected chi connectivity index (χ2v) is 10.5. The molecule has 6 rings (SSSR count). The Labute approximate surface area is 208 Å². The van der Waals surface area contributed by atoms with E-state index in [2.05, 4.69) is 16.0 Å². The Morgan fingerprint density at radius 1 is 0.914 bits per heavy atom. The van der Waals surface area contributed by atoms with Crippen LogP contribution in [0.1, 0.15) is 52.9 Å². The molecule has 1 aliphatic heterocycles. The molecule has 35 heavy (non-hydrogen) atoms. The van der Waals surface area contributed by atoms with Gasteiger partial charge >= 0.3 is 0 Å². The molecule has 1 amide bonds. The Balaban J connectivity index is 1.24. The maximum atomic E-state index is 12.2. The minimum atomic E-state index is 0.106. The zero-order valence-corrected chi connectivity index (χ0v) is 20.2. The minimum Gasteiger partial charge on any atom is -0.340 e. The molecule has 0 atom stereocenters. The van der Waals surface area contributed by atoms with Gasteiger partial charge in [0.25, 0.3) is 0 Å². The third kappa shape index (κ3) is 4.89. The van der Waals surface area contributed by atoms with E-state index in [1.165, 1.54) is 0 Å². The number of aromatic nitrogens is 2. The molecule has 1 saturated carbocycles. The second kappa shape index (κ2) is 9.34. The zero-order valence-electron chi connectivity index (χ0n) is 19.4. The van der Waals surface area contributed by atoms with Crippen molar-refractivity contribution in [2.24, 2.45) is 5.92 Å². The van der Waals surface area contributed by atoms with Crippen LogP contribution in [-0.4, -0.2) is 27.4 Å². The predicted octanol–water partition coefficient (Wildman–Crippen LogP) is 5.62. The smallest absolute Gasteiger partial charge is 0.229 e. The molecule has 1 aromatic heterocycles. The summed E-state index contributed by atoms with van der Waals surface area (Å²) in [5.41, 5.74) is 6.73. The molecule has 2 aromatic carbocycles. The van der Waals surface area contributed by atoms with Crippen LogP contribution in [0.3, 0.4) is 0 Å². The minimum absolute atomic E-state index is 0.106. The molecule has 2 heterocycles. The number of carbonyl (C=O) groups is 2. The quantitative estimate of drug-likeness (QED) is 0.417. The van der Waals surface area contributed by atoms with E-state index >= 15 is 0 Å². The fourth-order valence-corrected chi connectivity index (χ4v) is 5.60. The first-order valence-corrected chi connectivity index (χ1v) is 13.4. The van der Waals surface area contributed by atoms with Gasteiger partial charge in [-0.15, -0.1) is 0 Å². The Morgan fingerprint density at radius 3 is 2.54 bits per heavy atom. The van der Waals surface area contributed by atoms with Crippen molar-refractivity contribution in [1.82, 2.24) is 9.97 Å². The lowest BCUT2D eigenvalue weighted by Crippen LogP contribution is -2.14. The van der Waals surface area contributed by atoms with Crippen molar-refractivity contribution in [3.63, 3.8) is 0 Å². The molecule has 0 spiro atoms. The molecule has 1 fully saturated rings. The lowest BCUT2D eigenvalue weighted by molar-refractivity contribution is -0.117. The van der Waals surface area contributed by atoms with Crippen LogP contribution in [0.25, 0.3) is 0 Å². The zero-order chi connectivity index (χ0) is 23.8. The van der Waals surface area contributed by atoms with Crippen LogP contribution in [0.2, 0.25) is 0 Å². The van der Waals surface area contributed by atoms with Gasteiger partial charge in [0.2, 0.25) is 11.9 Å². The lowest BCUT2D eigenvalue weighted by atomic mass is 9.90. The monoisotopic (exact) mass is 485 g/mol. The molecule has 178 valence electrons. The number of aryl methyl sites for hydroxylation is 2. The number of benzene rings is 2. The standard InChI is InChI=1S/C27H27N5O2S/c33-24-3-1-2-17-14-20(10-11-21(17)24)30-27-31-23-12-13-35-15-22(23)25(32-27)28-18-6-8-19(9-7-18)29-26(34)16-4-5-16/h6-11,14,16H,1-5,12-13,15H2,(H,29,34)(H2,28,30,31,32). The molecule has 3 aliphatic rings. The van der Waals surface area contributed by atoms with Crippen LogP contribution in [-0.2, 0) is 23.4 Å². The summed E-state index contributed by atoms with van der Waals surface area (Å²) in [6.07, 6.45) is 5.33. The summed E-state index contributed by atoms with van der Waals surface area (Å²) in [4.78, 5) is 33.8. The van der Waals surface area contributed by atoms with Crippen LogP contribution >= 0.6 is 11.8 Å². The lowest BCUT2D eigenvalue weighted by Gasteiger charge is -2.21. The average molecular weight is 486 g/mol. The molecule has 2 aliphatic carbocycles. The normalized spacial score (nSPS) is 16.7. The van der Waals surface area contributed by atoms with Crippen molar-refractivity contribution in [1.29, 1.82) is 0 Å². The fraction of sp³-hybridized carbons (Fsp3) is 0.333. The van der Waals surface area contributed by atoms with Gasteiger partial charge in [-0.25, -0.2) is 4.98 Å². The van der Waals surface area contributed by atoms with Gasteiger partial charge in [-0.1, -0.05) is 0 Å². The number of ketones is 1. The molecule has 3 aromatic rings. The molecular weight excluding hydrogens is 458 g/mol. The molecule has 3 N–H and O–H groups in total. The van der Waals surface area contributed by atoms with E-state index in [4.69, 9.17) is 9.97 Å². The van der Waals surface area contributed by atoms with Crippen LogP contribution in [0, 0.1) is 5.92 Å². The van der Waals surface area contributed by atoms with Gasteiger partial charge in [0.15, 0.2) is 5.78 Å². The van der Waals surface area contributed by atoms with E-state index in [-0.39, 0.29) is 17.6 Å². The molecule has 0 unspecified atom stereocenters. The highest BCUT2D eigenvalue weighted by atomic mass is 32.2. The maximum absolute atomic E-state index is 12.2. The van der Waals surface area contributed by atoms with E-state index in [1.54, 1.807) is 0 Å². The first kappa shape index (κ1) is 22.1. The van der Waals surface area contributed by atoms with Crippen LogP contribution < -0.4 is 16.0 Å². The topological polar surface area (TPSA) is 96.0 Å². The Kier molecular flexibility index (Phi) is 5.90. The van der Waals surface area contributed by atoms with Crippen molar-refractivity contribution < 1.29 is 9.59 Å². The van der Waals surface area contributed by atoms with E-state index in [0.29, 0.717) is 12.4 Å². The van der Waals surface area contributed by atoms with Crippen molar-refractivity contribution in [3.8, 4) is 0 Å². The number of amides is 1. The Hall–Kier alpha value is -3.39. The highest BCUT2D eigenvalue weighted by Gasteiger charge is 2.29. The summed E-state index contributed by atoms with van der Waals surface area (Å²) in [5, 5.41) is 9.81. The van der Waals surface area contributed by atoms with E-state index in [9.17, 15) is 9.59 Å². The highest BCUT2D eigenvalue weighted by Crippen LogP contribution is 2.33. The van der Waals surface area contributed by atoms with E-state index < -0.39 is 0 Å². The van der Waals surface area contributed by atoms with Gasteiger partial charge in [0.1, 0.15) is 5.82 Å². The molecule has 0 bridgehead atoms. The second-order valence-electron chi connectivity index (χ2n) is 9.36. The summed E-state index contributed by atoms with van der Waals surface area (Å²) in [7, 11) is 0. The van der Waals surface area contributed by atoms with Crippen molar-refractivity contribution in [2.45, 2.75) is 44.3 Å². The summed E-state index contributed by atoms with van der Waals surface area (Å²) < 4.78 is 0. The van der Waals surface area contributed by atoms with Crippen LogP contribution in [0.4, 0.5) is 28.8 Å². The molecular formula is C27H27N5O2S. The first-order chi connectivity index (χ1) is 17.1. The van der Waals surface area contributed by atoms with Gasteiger partial charge in [0, 0.05) is 46.3 Å². The number of Topliss-reactive ketones (excluding diaryl/α,β-unsaturated/α-hetero) is 1. The first-order valence-electron chi connectivity index (χ1n) is 12.2. The number of hydrogen-bond acceptors (Lipinski definition) is 7. The number of nitrogens with zero attached hydrogens (tertiary/aromatic N) is 2. The van der Waals surface area contributed by atoms with Crippen molar-refractivity contribution in [2.75, 3.05) is 21.7 Å². The molecule has 0 radical (unpaired) electrons. The van der Waals surface area contributed by atoms with Gasteiger partial charge in [-0.3, -0.25) is 9.59 Å². The Morgan fingerprint density at radius 2 is 1.71 bits per heavy atom. The van der Waals surface area contributed by atoms with Gasteiger partial charge in [-0.2, -0.15) is 16.7 Å². The summed E-state index contributed by atoms with van der Waals surface area (Å²) >= 11 is 1.89. The highest BCUT2D eigenvalue weighted by molar-refractivity contribution is 7.98. The van der Waals surface area contributed by atoms with Gasteiger partial charge in [-0.05, 0) is 85.9 Å². The van der Waals surface area contributed by atoms with E-state index in [0.717, 1.165) is 88.9 Å². The maximum Gasteiger partial charge on any atom is 0.229 e. The SMILES string of the molecule is O=C1CCCc2cc(Nc3nc4c(c(Nc5ccc(NC(=O)C6CC6)cc5)n3)CSCC4)ccc21. The third-order valence-electron chi connectivity index (χ3n) is 6.70. The number of rotatable bonds is 6. The number of nitrogens with one attached hydrogen (secondary N) is 3. The molecule has 8 heteroatoms. The third-order valence-corrected chi connectivity index (χ3v) is 7.68. The number of thioether (sulfide) groups is 1. The van der Waals surface area contributed by atoms with Crippen molar-refractivity contribution in [3.05, 3.63) is 64.8 Å². The van der Waals surface area contributed by atoms with Crippen molar-refractivity contribution >= 4 is 52.3 Å². The molecule has 0 saturated heterocycles. The number of hydrogen-bond donors (Lipinski definition) is 3. The van der Waals surface area contributed by atoms with Gasteiger partial charge in [0.05, 0.1) is 5.69 Å². The number of fused-ring (bicyclic) bond motifs is 2. The van der Waals surface area contributed by atoms with Gasteiger partial charge < -0.3 is 16.0 Å². The predicted molar refractivity (Wildman–Crippen MR) is 140 cm³/mol. The summed E-state index contributed by atoms with van der Waals surface area (Å²) in [6, 6.07) is 13.6. The number of anilines is 5. The van der Waals surface area contributed by atoms with E-state index in [1.807, 2.05) is 54.2 Å².